The highest BCUT2D eigenvalue weighted by Gasteiger charge is 2.12. The zero-order valence-electron chi connectivity index (χ0n) is 15.2. The summed E-state index contributed by atoms with van der Waals surface area (Å²) in [6.07, 6.45) is 8.46. The largest absolute Gasteiger partial charge is 0.355 e. The molecule has 0 unspecified atom stereocenters. The molecule has 0 spiro atoms. The summed E-state index contributed by atoms with van der Waals surface area (Å²) >= 11 is 1.55. The first-order valence-corrected chi connectivity index (χ1v) is 10.2. The van der Waals surface area contributed by atoms with Gasteiger partial charge in [0.15, 0.2) is 5.16 Å². The molecular weight excluding hydrogens is 320 g/mol. The SMILES string of the molecule is CSc1nc(C)c(CCC(=O)NCCN2CCCCCC2)c(C)n1. The van der Waals surface area contributed by atoms with Gasteiger partial charge >= 0.3 is 0 Å². The Morgan fingerprint density at radius 3 is 2.33 bits per heavy atom. The molecule has 0 bridgehead atoms. The lowest BCUT2D eigenvalue weighted by Gasteiger charge is -2.19. The van der Waals surface area contributed by atoms with E-state index in [-0.39, 0.29) is 5.91 Å². The molecule has 1 aliphatic rings. The second kappa shape index (κ2) is 9.99. The van der Waals surface area contributed by atoms with Crippen molar-refractivity contribution in [3.8, 4) is 0 Å². The molecule has 1 aliphatic heterocycles. The van der Waals surface area contributed by atoms with Crippen LogP contribution >= 0.6 is 11.8 Å². The molecule has 1 fully saturated rings. The number of aromatic nitrogens is 2. The molecule has 2 rings (SSSR count). The van der Waals surface area contributed by atoms with Crippen LogP contribution in [0.4, 0.5) is 0 Å². The minimum absolute atomic E-state index is 0.123. The molecule has 1 N–H and O–H groups in total. The van der Waals surface area contributed by atoms with E-state index < -0.39 is 0 Å². The number of carbonyl (C=O) groups excluding carboxylic acids is 1. The maximum absolute atomic E-state index is 12.1. The number of nitrogens with zero attached hydrogens (tertiary/aromatic N) is 3. The van der Waals surface area contributed by atoms with Gasteiger partial charge in [-0.15, -0.1) is 0 Å². The van der Waals surface area contributed by atoms with Crippen molar-refractivity contribution in [2.45, 2.75) is 57.5 Å². The Labute approximate surface area is 150 Å². The fourth-order valence-electron chi connectivity index (χ4n) is 3.20. The first-order chi connectivity index (χ1) is 11.6. The third-order valence-corrected chi connectivity index (χ3v) is 5.18. The van der Waals surface area contributed by atoms with Crippen molar-refractivity contribution in [2.75, 3.05) is 32.4 Å². The van der Waals surface area contributed by atoms with Gasteiger partial charge in [0.25, 0.3) is 0 Å². The van der Waals surface area contributed by atoms with Gasteiger partial charge in [-0.05, 0) is 58.0 Å². The smallest absolute Gasteiger partial charge is 0.220 e. The average Bonchev–Trinajstić information content (AvgIpc) is 2.82. The Hall–Kier alpha value is -1.14. The summed E-state index contributed by atoms with van der Waals surface area (Å²) in [5.41, 5.74) is 3.09. The van der Waals surface area contributed by atoms with E-state index in [9.17, 15) is 4.79 Å². The van der Waals surface area contributed by atoms with Crippen LogP contribution in [0.2, 0.25) is 0 Å². The van der Waals surface area contributed by atoms with Crippen LogP contribution in [0.25, 0.3) is 0 Å². The first kappa shape index (κ1) is 19.2. The minimum atomic E-state index is 0.123. The van der Waals surface area contributed by atoms with Gasteiger partial charge in [-0.3, -0.25) is 4.79 Å². The van der Waals surface area contributed by atoms with Crippen molar-refractivity contribution in [1.82, 2.24) is 20.2 Å². The van der Waals surface area contributed by atoms with E-state index in [2.05, 4.69) is 20.2 Å². The molecule has 1 aromatic heterocycles. The molecule has 1 saturated heterocycles. The molecule has 24 heavy (non-hydrogen) atoms. The number of rotatable bonds is 7. The second-order valence-electron chi connectivity index (χ2n) is 6.47. The quantitative estimate of drug-likeness (QED) is 0.605. The lowest BCUT2D eigenvalue weighted by Crippen LogP contribution is -2.35. The Balaban J connectivity index is 1.73. The number of hydrogen-bond donors (Lipinski definition) is 1. The number of hydrogen-bond acceptors (Lipinski definition) is 5. The van der Waals surface area contributed by atoms with Crippen molar-refractivity contribution in [1.29, 1.82) is 0 Å². The monoisotopic (exact) mass is 350 g/mol. The van der Waals surface area contributed by atoms with Crippen molar-refractivity contribution in [2.24, 2.45) is 0 Å². The summed E-state index contributed by atoms with van der Waals surface area (Å²) in [4.78, 5) is 23.5. The number of likely N-dealkylation sites (tertiary alicyclic amines) is 1. The molecule has 0 aromatic carbocycles. The molecule has 134 valence electrons. The van der Waals surface area contributed by atoms with Gasteiger partial charge in [0.2, 0.25) is 5.91 Å². The van der Waals surface area contributed by atoms with E-state index in [4.69, 9.17) is 0 Å². The molecule has 0 aliphatic carbocycles. The Bertz CT molecular complexity index is 519. The second-order valence-corrected chi connectivity index (χ2v) is 7.24. The lowest BCUT2D eigenvalue weighted by molar-refractivity contribution is -0.121. The predicted octanol–water partition coefficient (Wildman–Crippen LogP) is 2.74. The zero-order chi connectivity index (χ0) is 17.4. The number of aryl methyl sites for hydroxylation is 2. The molecule has 0 atom stereocenters. The summed E-state index contributed by atoms with van der Waals surface area (Å²) in [5.74, 6) is 0.123. The normalized spacial score (nSPS) is 16.0. The van der Waals surface area contributed by atoms with Gasteiger partial charge in [-0.1, -0.05) is 24.6 Å². The molecular formula is C18H30N4OS. The number of thioether (sulfide) groups is 1. The zero-order valence-corrected chi connectivity index (χ0v) is 16.0. The van der Waals surface area contributed by atoms with Crippen LogP contribution in [-0.4, -0.2) is 53.2 Å². The maximum atomic E-state index is 12.1. The van der Waals surface area contributed by atoms with E-state index >= 15 is 0 Å². The van der Waals surface area contributed by atoms with Crippen LogP contribution in [0.15, 0.2) is 5.16 Å². The summed E-state index contributed by atoms with van der Waals surface area (Å²) in [5, 5.41) is 3.86. The van der Waals surface area contributed by atoms with E-state index in [1.807, 2.05) is 20.1 Å². The Kier molecular flexibility index (Phi) is 7.99. The van der Waals surface area contributed by atoms with Crippen molar-refractivity contribution in [3.63, 3.8) is 0 Å². The Morgan fingerprint density at radius 2 is 1.75 bits per heavy atom. The first-order valence-electron chi connectivity index (χ1n) is 8.97. The number of amides is 1. The van der Waals surface area contributed by atoms with Crippen LogP contribution in [0, 0.1) is 13.8 Å². The van der Waals surface area contributed by atoms with Gasteiger partial charge in [-0.25, -0.2) is 9.97 Å². The highest BCUT2D eigenvalue weighted by molar-refractivity contribution is 7.98. The summed E-state index contributed by atoms with van der Waals surface area (Å²) in [7, 11) is 0. The lowest BCUT2D eigenvalue weighted by atomic mass is 10.1. The van der Waals surface area contributed by atoms with E-state index in [0.29, 0.717) is 12.8 Å². The third kappa shape index (κ3) is 6.06. The third-order valence-electron chi connectivity index (χ3n) is 4.63. The summed E-state index contributed by atoms with van der Waals surface area (Å²) in [6, 6.07) is 0. The molecule has 1 aromatic rings. The predicted molar refractivity (Wildman–Crippen MR) is 99.5 cm³/mol. The number of nitrogens with one attached hydrogen (secondary N) is 1. The molecule has 6 heteroatoms. The standard InChI is InChI=1S/C18H30N4OS/c1-14-16(15(2)21-18(20-14)24-3)8-9-17(23)19-10-13-22-11-6-4-5-7-12-22/h4-13H2,1-3H3,(H,19,23). The summed E-state index contributed by atoms with van der Waals surface area (Å²) < 4.78 is 0. The van der Waals surface area contributed by atoms with Gasteiger partial charge < -0.3 is 10.2 Å². The summed E-state index contributed by atoms with van der Waals surface area (Å²) in [6.45, 7) is 8.07. The van der Waals surface area contributed by atoms with Gasteiger partial charge in [0, 0.05) is 30.9 Å². The highest BCUT2D eigenvalue weighted by Crippen LogP contribution is 2.17. The Morgan fingerprint density at radius 1 is 1.12 bits per heavy atom. The van der Waals surface area contributed by atoms with E-state index in [1.165, 1.54) is 38.8 Å². The van der Waals surface area contributed by atoms with E-state index in [0.717, 1.165) is 35.2 Å². The molecule has 0 saturated carbocycles. The van der Waals surface area contributed by atoms with Crippen LogP contribution in [0.5, 0.6) is 0 Å². The van der Waals surface area contributed by atoms with Gasteiger partial charge in [0.1, 0.15) is 0 Å². The van der Waals surface area contributed by atoms with Crippen molar-refractivity contribution >= 4 is 17.7 Å². The van der Waals surface area contributed by atoms with Crippen molar-refractivity contribution < 1.29 is 4.79 Å². The van der Waals surface area contributed by atoms with Crippen LogP contribution in [0.1, 0.15) is 49.1 Å². The number of carbonyl (C=O) groups is 1. The van der Waals surface area contributed by atoms with Crippen LogP contribution < -0.4 is 5.32 Å². The van der Waals surface area contributed by atoms with Gasteiger partial charge in [-0.2, -0.15) is 0 Å². The molecule has 0 radical (unpaired) electrons. The molecule has 1 amide bonds. The fourth-order valence-corrected chi connectivity index (χ4v) is 3.66. The van der Waals surface area contributed by atoms with E-state index in [1.54, 1.807) is 11.8 Å². The fraction of sp³-hybridized carbons (Fsp3) is 0.722. The topological polar surface area (TPSA) is 58.1 Å². The minimum Gasteiger partial charge on any atom is -0.355 e. The average molecular weight is 351 g/mol. The molecule has 2 heterocycles. The highest BCUT2D eigenvalue weighted by atomic mass is 32.2. The molecule has 5 nitrogen and oxygen atoms in total. The maximum Gasteiger partial charge on any atom is 0.220 e. The van der Waals surface area contributed by atoms with Gasteiger partial charge in [0.05, 0.1) is 0 Å². The van der Waals surface area contributed by atoms with Crippen LogP contribution in [-0.2, 0) is 11.2 Å². The van der Waals surface area contributed by atoms with Crippen molar-refractivity contribution in [3.05, 3.63) is 17.0 Å². The van der Waals surface area contributed by atoms with Crippen LogP contribution in [0.3, 0.4) is 0 Å².